The highest BCUT2D eigenvalue weighted by molar-refractivity contribution is 7.89. The minimum atomic E-state index is -4.04. The van der Waals surface area contributed by atoms with Crippen molar-refractivity contribution in [2.45, 2.75) is 23.9 Å². The molecule has 2 N–H and O–H groups in total. The summed E-state index contributed by atoms with van der Waals surface area (Å²) < 4.78 is 28.4. The number of rotatable bonds is 10. The van der Waals surface area contributed by atoms with Crippen molar-refractivity contribution in [2.24, 2.45) is 5.73 Å². The molecule has 1 unspecified atom stereocenters. The third-order valence-corrected chi connectivity index (χ3v) is 7.37. The molecule has 6 nitrogen and oxygen atoms in total. The van der Waals surface area contributed by atoms with Gasteiger partial charge in [0.15, 0.2) is 0 Å². The maximum absolute atomic E-state index is 13.6. The number of nitrogens with two attached hydrogens (primary N) is 1. The zero-order valence-corrected chi connectivity index (χ0v) is 20.3. The predicted octanol–water partition coefficient (Wildman–Crippen LogP) is 3.86. The Kier molecular flexibility index (Phi) is 8.26. The van der Waals surface area contributed by atoms with E-state index in [1.54, 1.807) is 30.3 Å². The summed E-state index contributed by atoms with van der Waals surface area (Å²) in [5.74, 6) is -0.736. The second-order valence-corrected chi connectivity index (χ2v) is 10.4. The van der Waals surface area contributed by atoms with E-state index in [4.69, 9.17) is 17.3 Å². The first-order chi connectivity index (χ1) is 15.7. The van der Waals surface area contributed by atoms with E-state index >= 15 is 0 Å². The van der Waals surface area contributed by atoms with Crippen LogP contribution in [0.2, 0.25) is 5.02 Å². The van der Waals surface area contributed by atoms with Crippen molar-refractivity contribution in [3.63, 3.8) is 0 Å². The number of nitrogens with zero attached hydrogens (tertiary/aromatic N) is 2. The third kappa shape index (κ3) is 6.42. The smallest absolute Gasteiger partial charge is 0.244 e. The Labute approximate surface area is 200 Å². The summed E-state index contributed by atoms with van der Waals surface area (Å²) in [7, 11) is -0.0353. The van der Waals surface area contributed by atoms with Gasteiger partial charge in [-0.2, -0.15) is 4.31 Å². The molecule has 3 rings (SSSR count). The monoisotopic (exact) mass is 485 g/mol. The maximum atomic E-state index is 13.6. The summed E-state index contributed by atoms with van der Waals surface area (Å²) in [4.78, 5) is 14.6. The van der Waals surface area contributed by atoms with Gasteiger partial charge in [0.2, 0.25) is 15.9 Å². The average molecular weight is 486 g/mol. The molecule has 1 amide bonds. The number of carbonyl (C=O) groups is 1. The maximum Gasteiger partial charge on any atom is 0.244 e. The van der Waals surface area contributed by atoms with Crippen LogP contribution in [0.1, 0.15) is 22.7 Å². The molecule has 0 bridgehead atoms. The Morgan fingerprint density at radius 1 is 0.909 bits per heavy atom. The van der Waals surface area contributed by atoms with Crippen LogP contribution in [0.5, 0.6) is 0 Å². The van der Waals surface area contributed by atoms with Gasteiger partial charge in [-0.25, -0.2) is 8.42 Å². The average Bonchev–Trinajstić information content (AvgIpc) is 2.77. The van der Waals surface area contributed by atoms with Crippen molar-refractivity contribution in [2.75, 3.05) is 20.6 Å². The van der Waals surface area contributed by atoms with E-state index in [0.717, 1.165) is 17.7 Å². The van der Waals surface area contributed by atoms with Gasteiger partial charge in [-0.1, -0.05) is 66.2 Å². The summed E-state index contributed by atoms with van der Waals surface area (Å²) in [5, 5.41) is 0.424. The number of carbonyl (C=O) groups excluding carboxylic acids is 1. The minimum Gasteiger partial charge on any atom is -0.368 e. The molecule has 0 aromatic heterocycles. The van der Waals surface area contributed by atoms with Gasteiger partial charge in [0.05, 0.1) is 4.90 Å². The van der Waals surface area contributed by atoms with Crippen LogP contribution >= 0.6 is 11.6 Å². The first-order valence-electron chi connectivity index (χ1n) is 10.5. The zero-order chi connectivity index (χ0) is 24.0. The highest BCUT2D eigenvalue weighted by atomic mass is 35.5. The lowest BCUT2D eigenvalue weighted by Crippen LogP contribution is -2.42. The van der Waals surface area contributed by atoms with Crippen LogP contribution in [0.4, 0.5) is 0 Å². The van der Waals surface area contributed by atoms with E-state index in [-0.39, 0.29) is 11.4 Å². The molecule has 3 aromatic carbocycles. The fraction of sp³-hybridized carbons (Fsp3) is 0.240. The topological polar surface area (TPSA) is 83.7 Å². The molecule has 0 aliphatic carbocycles. The molecule has 0 saturated carbocycles. The number of halogens is 1. The molecule has 3 aromatic rings. The number of sulfonamides is 1. The molecule has 33 heavy (non-hydrogen) atoms. The third-order valence-electron chi connectivity index (χ3n) is 5.24. The number of hydrogen-bond donors (Lipinski definition) is 1. The van der Waals surface area contributed by atoms with Gasteiger partial charge in [0, 0.05) is 18.1 Å². The normalized spacial score (nSPS) is 12.8. The van der Waals surface area contributed by atoms with Crippen molar-refractivity contribution in [3.05, 3.63) is 101 Å². The first-order valence-corrected chi connectivity index (χ1v) is 12.3. The molecule has 0 spiro atoms. The quantitative estimate of drug-likeness (QED) is 0.472. The van der Waals surface area contributed by atoms with Crippen LogP contribution < -0.4 is 5.73 Å². The van der Waals surface area contributed by atoms with Crippen LogP contribution in [-0.4, -0.2) is 44.2 Å². The van der Waals surface area contributed by atoms with Crippen molar-refractivity contribution in [1.82, 2.24) is 9.21 Å². The van der Waals surface area contributed by atoms with Crippen molar-refractivity contribution in [1.29, 1.82) is 0 Å². The van der Waals surface area contributed by atoms with E-state index in [2.05, 4.69) is 4.90 Å². The van der Waals surface area contributed by atoms with Crippen LogP contribution in [0.3, 0.4) is 0 Å². The van der Waals surface area contributed by atoms with Gasteiger partial charge in [0.1, 0.15) is 6.04 Å². The summed E-state index contributed by atoms with van der Waals surface area (Å²) >= 11 is 5.95. The van der Waals surface area contributed by atoms with Crippen LogP contribution in [-0.2, 0) is 27.8 Å². The Morgan fingerprint density at radius 2 is 1.48 bits per heavy atom. The molecule has 174 valence electrons. The van der Waals surface area contributed by atoms with Crippen LogP contribution in [0, 0.1) is 0 Å². The Bertz CT molecular complexity index is 1170. The second-order valence-electron chi connectivity index (χ2n) is 8.09. The molecule has 0 saturated heterocycles. The minimum absolute atomic E-state index is 0.0513. The molecule has 8 heteroatoms. The molecule has 0 radical (unpaired) electrons. The standard InChI is InChI=1S/C25H28ClN3O3S/c1-28(2)18-20-10-8-19(9-11-20)16-17-29(24(25(27)30)21-6-4-3-5-7-21)33(31,32)23-14-12-22(26)13-15-23/h3-15,24H,16-18H2,1-2H3,(H2,27,30). The molecule has 0 aliphatic heterocycles. The lowest BCUT2D eigenvalue weighted by Gasteiger charge is -2.29. The number of hydrogen-bond acceptors (Lipinski definition) is 4. The number of primary amides is 1. The fourth-order valence-electron chi connectivity index (χ4n) is 3.65. The van der Waals surface area contributed by atoms with Gasteiger partial charge in [-0.05, 0) is 61.5 Å². The predicted molar refractivity (Wildman–Crippen MR) is 131 cm³/mol. The Hall–Kier alpha value is -2.71. The number of benzene rings is 3. The van der Waals surface area contributed by atoms with Crippen molar-refractivity contribution >= 4 is 27.5 Å². The van der Waals surface area contributed by atoms with Gasteiger partial charge >= 0.3 is 0 Å². The zero-order valence-electron chi connectivity index (χ0n) is 18.7. The number of amides is 1. The molecular formula is C25H28ClN3O3S. The van der Waals surface area contributed by atoms with Crippen molar-refractivity contribution in [3.8, 4) is 0 Å². The largest absolute Gasteiger partial charge is 0.368 e. The molecular weight excluding hydrogens is 458 g/mol. The van der Waals surface area contributed by atoms with E-state index in [9.17, 15) is 13.2 Å². The lowest BCUT2D eigenvalue weighted by molar-refractivity contribution is -0.121. The van der Waals surface area contributed by atoms with Crippen LogP contribution in [0.25, 0.3) is 0 Å². The summed E-state index contributed by atoms with van der Waals surface area (Å²) in [5.41, 5.74) is 8.37. The Morgan fingerprint density at radius 3 is 2.03 bits per heavy atom. The van der Waals surface area contributed by atoms with Crippen LogP contribution in [0.15, 0.2) is 83.8 Å². The van der Waals surface area contributed by atoms with Gasteiger partial charge in [-0.15, -0.1) is 0 Å². The Balaban J connectivity index is 1.96. The van der Waals surface area contributed by atoms with E-state index in [0.29, 0.717) is 17.0 Å². The molecule has 0 heterocycles. The highest BCUT2D eigenvalue weighted by Gasteiger charge is 2.35. The highest BCUT2D eigenvalue weighted by Crippen LogP contribution is 2.29. The second kappa shape index (κ2) is 10.9. The molecule has 1 atom stereocenters. The van der Waals surface area contributed by atoms with Gasteiger partial charge in [0.25, 0.3) is 0 Å². The summed E-state index contributed by atoms with van der Waals surface area (Å²) in [6.07, 6.45) is 0.422. The summed E-state index contributed by atoms with van der Waals surface area (Å²) in [6.45, 7) is 0.898. The summed E-state index contributed by atoms with van der Waals surface area (Å²) in [6, 6.07) is 21.5. The van der Waals surface area contributed by atoms with E-state index < -0.39 is 22.0 Å². The fourth-order valence-corrected chi connectivity index (χ4v) is 5.37. The molecule has 0 aliphatic rings. The van der Waals surface area contributed by atoms with E-state index in [1.165, 1.54) is 28.6 Å². The van der Waals surface area contributed by atoms with Gasteiger partial charge in [-0.3, -0.25) is 4.79 Å². The van der Waals surface area contributed by atoms with Gasteiger partial charge < -0.3 is 10.6 Å². The van der Waals surface area contributed by atoms with Crippen molar-refractivity contribution < 1.29 is 13.2 Å². The lowest BCUT2D eigenvalue weighted by atomic mass is 10.1. The molecule has 0 fully saturated rings. The SMILES string of the molecule is CN(C)Cc1ccc(CCN(C(C(N)=O)c2ccccc2)S(=O)(=O)c2ccc(Cl)cc2)cc1. The van der Waals surface area contributed by atoms with E-state index in [1.807, 2.05) is 38.4 Å². The first kappa shape index (κ1) is 24.9.